The summed E-state index contributed by atoms with van der Waals surface area (Å²) in [5.74, 6) is 2.89. The normalized spacial score (nSPS) is 19.8. The van der Waals surface area contributed by atoms with Crippen LogP contribution in [0.15, 0.2) is 30.3 Å². The predicted octanol–water partition coefficient (Wildman–Crippen LogP) is 3.02. The minimum absolute atomic E-state index is 0.0562. The van der Waals surface area contributed by atoms with Crippen LogP contribution in [0.3, 0.4) is 0 Å². The zero-order valence-electron chi connectivity index (χ0n) is 16.7. The second-order valence-corrected chi connectivity index (χ2v) is 7.13. The molecule has 2 aromatic rings. The van der Waals surface area contributed by atoms with Gasteiger partial charge in [0.15, 0.2) is 23.0 Å². The summed E-state index contributed by atoms with van der Waals surface area (Å²) in [4.78, 5) is 12.4. The van der Waals surface area contributed by atoms with E-state index in [0.29, 0.717) is 48.2 Å². The van der Waals surface area contributed by atoms with Crippen LogP contribution in [-0.2, 0) is 22.4 Å². The molecule has 0 aliphatic carbocycles. The summed E-state index contributed by atoms with van der Waals surface area (Å²) in [6, 6.07) is 9.59. The third kappa shape index (κ3) is 3.77. The van der Waals surface area contributed by atoms with Gasteiger partial charge in [-0.05, 0) is 48.2 Å². The largest absolute Gasteiger partial charge is 0.493 e. The molecule has 2 aliphatic heterocycles. The third-order valence-corrected chi connectivity index (χ3v) is 5.43. The highest BCUT2D eigenvalue weighted by Gasteiger charge is 2.37. The van der Waals surface area contributed by atoms with Gasteiger partial charge in [-0.3, -0.25) is 4.79 Å². The van der Waals surface area contributed by atoms with Crippen molar-refractivity contribution in [1.82, 2.24) is 0 Å². The zero-order chi connectivity index (χ0) is 20.4. The number of rotatable bonds is 7. The molecule has 2 heterocycles. The first-order valence-electron chi connectivity index (χ1n) is 9.47. The lowest BCUT2D eigenvalue weighted by Gasteiger charge is -2.17. The Balaban J connectivity index is 1.53. The van der Waals surface area contributed by atoms with Crippen LogP contribution < -0.4 is 23.7 Å². The SMILES string of the molecule is COc1ccc(C[C@@H]2C(=O)OC[C@H]2Cc2cc(OC)c3c(c2)OCO3)cc1OC. The zero-order valence-corrected chi connectivity index (χ0v) is 16.7. The van der Waals surface area contributed by atoms with Gasteiger partial charge < -0.3 is 28.4 Å². The standard InChI is InChI=1S/C22H24O7/c1-24-17-5-4-13(8-18(17)25-2)7-16-15(11-27-22(16)23)6-14-9-19(26-3)21-20(10-14)28-12-29-21/h4-5,8-10,15-16H,6-7,11-12H2,1-3H3/t15-,16+/m1/s1. The van der Waals surface area contributed by atoms with Gasteiger partial charge >= 0.3 is 5.97 Å². The van der Waals surface area contributed by atoms with E-state index in [1.54, 1.807) is 21.3 Å². The van der Waals surface area contributed by atoms with Crippen LogP contribution >= 0.6 is 0 Å². The van der Waals surface area contributed by atoms with Crippen LogP contribution in [0.2, 0.25) is 0 Å². The molecule has 2 atom stereocenters. The van der Waals surface area contributed by atoms with Crippen molar-refractivity contribution in [1.29, 1.82) is 0 Å². The molecule has 0 unspecified atom stereocenters. The van der Waals surface area contributed by atoms with E-state index in [1.165, 1.54) is 0 Å². The fourth-order valence-corrected chi connectivity index (χ4v) is 3.92. The monoisotopic (exact) mass is 400 g/mol. The van der Waals surface area contributed by atoms with Gasteiger partial charge in [0.05, 0.1) is 33.9 Å². The van der Waals surface area contributed by atoms with E-state index < -0.39 is 0 Å². The molecular formula is C22H24O7. The minimum Gasteiger partial charge on any atom is -0.493 e. The molecule has 1 saturated heterocycles. The van der Waals surface area contributed by atoms with Gasteiger partial charge in [-0.1, -0.05) is 6.07 Å². The number of hydrogen-bond acceptors (Lipinski definition) is 7. The van der Waals surface area contributed by atoms with E-state index >= 15 is 0 Å². The van der Waals surface area contributed by atoms with Crippen molar-refractivity contribution < 1.29 is 33.2 Å². The highest BCUT2D eigenvalue weighted by Crippen LogP contribution is 2.43. The van der Waals surface area contributed by atoms with Crippen molar-refractivity contribution in [2.24, 2.45) is 11.8 Å². The molecule has 29 heavy (non-hydrogen) atoms. The number of carbonyl (C=O) groups is 1. The van der Waals surface area contributed by atoms with Gasteiger partial charge in [-0.2, -0.15) is 0 Å². The fraction of sp³-hybridized carbons (Fsp3) is 0.409. The molecule has 0 saturated carbocycles. The summed E-state index contributed by atoms with van der Waals surface area (Å²) in [6.07, 6.45) is 1.25. The van der Waals surface area contributed by atoms with E-state index in [9.17, 15) is 4.79 Å². The second-order valence-electron chi connectivity index (χ2n) is 7.13. The number of ether oxygens (including phenoxy) is 6. The Kier molecular flexibility index (Phi) is 5.38. The fourth-order valence-electron chi connectivity index (χ4n) is 3.92. The van der Waals surface area contributed by atoms with Crippen molar-refractivity contribution in [2.75, 3.05) is 34.7 Å². The summed E-state index contributed by atoms with van der Waals surface area (Å²) in [5.41, 5.74) is 2.02. The number of carbonyl (C=O) groups excluding carboxylic acids is 1. The van der Waals surface area contributed by atoms with Crippen LogP contribution in [0.25, 0.3) is 0 Å². The Bertz CT molecular complexity index is 908. The van der Waals surface area contributed by atoms with E-state index in [1.807, 2.05) is 30.3 Å². The molecule has 2 aliphatic rings. The number of methoxy groups -OCH3 is 3. The molecule has 154 valence electrons. The van der Waals surface area contributed by atoms with Gasteiger partial charge in [0.1, 0.15) is 0 Å². The Labute approximate surface area is 169 Å². The van der Waals surface area contributed by atoms with Crippen LogP contribution in [0.1, 0.15) is 11.1 Å². The van der Waals surface area contributed by atoms with Crippen LogP contribution in [0.4, 0.5) is 0 Å². The Morgan fingerprint density at radius 1 is 0.862 bits per heavy atom. The maximum absolute atomic E-state index is 12.4. The van der Waals surface area contributed by atoms with Gasteiger partial charge in [0, 0.05) is 5.92 Å². The van der Waals surface area contributed by atoms with Crippen molar-refractivity contribution >= 4 is 5.97 Å². The molecule has 7 nitrogen and oxygen atoms in total. The van der Waals surface area contributed by atoms with Crippen molar-refractivity contribution in [3.05, 3.63) is 41.5 Å². The van der Waals surface area contributed by atoms with Gasteiger partial charge in [0.25, 0.3) is 0 Å². The second kappa shape index (κ2) is 8.11. The summed E-state index contributed by atoms with van der Waals surface area (Å²) in [6.45, 7) is 0.579. The van der Waals surface area contributed by atoms with E-state index in [0.717, 1.165) is 11.1 Å². The minimum atomic E-state index is -0.232. The molecule has 4 rings (SSSR count). The molecule has 0 radical (unpaired) electrons. The first-order valence-corrected chi connectivity index (χ1v) is 9.47. The van der Waals surface area contributed by atoms with E-state index in [4.69, 9.17) is 28.4 Å². The van der Waals surface area contributed by atoms with Crippen LogP contribution in [-0.4, -0.2) is 40.7 Å². The topological polar surface area (TPSA) is 72.5 Å². The molecule has 2 aromatic carbocycles. The lowest BCUT2D eigenvalue weighted by atomic mass is 9.85. The molecular weight excluding hydrogens is 376 g/mol. The highest BCUT2D eigenvalue weighted by atomic mass is 16.7. The van der Waals surface area contributed by atoms with Crippen LogP contribution in [0, 0.1) is 11.8 Å². The Morgan fingerprint density at radius 3 is 2.38 bits per heavy atom. The number of benzene rings is 2. The van der Waals surface area contributed by atoms with Crippen molar-refractivity contribution in [3.63, 3.8) is 0 Å². The molecule has 0 aromatic heterocycles. The van der Waals surface area contributed by atoms with Crippen LogP contribution in [0.5, 0.6) is 28.7 Å². The van der Waals surface area contributed by atoms with Gasteiger partial charge in [-0.25, -0.2) is 0 Å². The maximum atomic E-state index is 12.4. The predicted molar refractivity (Wildman–Crippen MR) is 104 cm³/mol. The average molecular weight is 400 g/mol. The Morgan fingerprint density at radius 2 is 1.62 bits per heavy atom. The first kappa shape index (κ1) is 19.2. The number of cyclic esters (lactones) is 1. The van der Waals surface area contributed by atoms with Gasteiger partial charge in [-0.15, -0.1) is 0 Å². The summed E-state index contributed by atoms with van der Waals surface area (Å²) in [5, 5.41) is 0. The maximum Gasteiger partial charge on any atom is 0.309 e. The smallest absolute Gasteiger partial charge is 0.309 e. The Hall–Kier alpha value is -3.09. The summed E-state index contributed by atoms with van der Waals surface area (Å²) >= 11 is 0. The van der Waals surface area contributed by atoms with E-state index in [-0.39, 0.29) is 24.6 Å². The number of hydrogen-bond donors (Lipinski definition) is 0. The highest BCUT2D eigenvalue weighted by molar-refractivity contribution is 5.75. The molecule has 7 heteroatoms. The first-order chi connectivity index (χ1) is 14.1. The molecule has 0 spiro atoms. The molecule has 0 N–H and O–H groups in total. The molecule has 0 bridgehead atoms. The number of fused-ring (bicyclic) bond motifs is 1. The third-order valence-electron chi connectivity index (χ3n) is 5.43. The quantitative estimate of drug-likeness (QED) is 0.662. The van der Waals surface area contributed by atoms with E-state index in [2.05, 4.69) is 0 Å². The lowest BCUT2D eigenvalue weighted by molar-refractivity contribution is -0.141. The summed E-state index contributed by atoms with van der Waals surface area (Å²) in [7, 11) is 4.80. The summed E-state index contributed by atoms with van der Waals surface area (Å²) < 4.78 is 32.4. The molecule has 0 amide bonds. The number of esters is 1. The van der Waals surface area contributed by atoms with Gasteiger partial charge in [0.2, 0.25) is 12.5 Å². The van der Waals surface area contributed by atoms with Crippen molar-refractivity contribution in [2.45, 2.75) is 12.8 Å². The lowest BCUT2D eigenvalue weighted by Crippen LogP contribution is -2.20. The van der Waals surface area contributed by atoms with Crippen molar-refractivity contribution in [3.8, 4) is 28.7 Å². The average Bonchev–Trinajstić information content (AvgIpc) is 3.35. The molecule has 1 fully saturated rings.